The molecule has 2 aliphatic rings. The monoisotopic (exact) mass is 466 g/mol. The number of anilines is 2. The van der Waals surface area contributed by atoms with Crippen molar-refractivity contribution in [3.05, 3.63) is 47.5 Å². The first kappa shape index (κ1) is 23.2. The quantitative estimate of drug-likeness (QED) is 0.566. The van der Waals surface area contributed by atoms with Gasteiger partial charge in [0.2, 0.25) is 11.8 Å². The number of ether oxygens (including phenoxy) is 2. The first-order chi connectivity index (χ1) is 16.3. The molecule has 178 valence electrons. The summed E-state index contributed by atoms with van der Waals surface area (Å²) >= 11 is 0. The molecule has 2 aliphatic heterocycles. The number of fused-ring (bicyclic) bond motifs is 1. The number of nitrogens with zero attached hydrogens (tertiary/aromatic N) is 2. The molecule has 10 nitrogen and oxygen atoms in total. The van der Waals surface area contributed by atoms with Crippen LogP contribution < -0.4 is 20.1 Å². The van der Waals surface area contributed by atoms with Gasteiger partial charge in [0.25, 0.3) is 11.8 Å². The summed E-state index contributed by atoms with van der Waals surface area (Å²) in [6.45, 7) is 1.28. The number of carbonyl (C=O) groups excluding carboxylic acids is 4. The maximum absolute atomic E-state index is 13.3. The maximum atomic E-state index is 13.3. The highest BCUT2D eigenvalue weighted by molar-refractivity contribution is 6.25. The number of methoxy groups -OCH3 is 1. The summed E-state index contributed by atoms with van der Waals surface area (Å²) in [7, 11) is 5.45. The number of benzene rings is 2. The van der Waals surface area contributed by atoms with Crippen LogP contribution in [0.3, 0.4) is 0 Å². The summed E-state index contributed by atoms with van der Waals surface area (Å²) in [5.41, 5.74) is 1.36. The van der Waals surface area contributed by atoms with Crippen molar-refractivity contribution in [1.82, 2.24) is 15.1 Å². The Bertz CT molecular complexity index is 1160. The van der Waals surface area contributed by atoms with Crippen molar-refractivity contribution >= 4 is 35.0 Å². The Kier molecular flexibility index (Phi) is 6.51. The Hall–Kier alpha value is -3.92. The van der Waals surface area contributed by atoms with Crippen LogP contribution in [0, 0.1) is 0 Å². The van der Waals surface area contributed by atoms with E-state index in [1.54, 1.807) is 36.4 Å². The summed E-state index contributed by atoms with van der Waals surface area (Å²) in [6, 6.07) is 9.15. The molecular weight excluding hydrogens is 440 g/mol. The van der Waals surface area contributed by atoms with Crippen molar-refractivity contribution in [3.8, 4) is 11.5 Å². The molecule has 2 heterocycles. The van der Waals surface area contributed by atoms with Crippen LogP contribution in [0.25, 0.3) is 0 Å². The zero-order valence-electron chi connectivity index (χ0n) is 19.2. The molecule has 0 saturated carbocycles. The Balaban J connectivity index is 1.59. The van der Waals surface area contributed by atoms with E-state index in [1.807, 2.05) is 19.0 Å². The van der Waals surface area contributed by atoms with E-state index in [-0.39, 0.29) is 24.0 Å². The molecule has 34 heavy (non-hydrogen) atoms. The van der Waals surface area contributed by atoms with Gasteiger partial charge in [0, 0.05) is 19.0 Å². The molecule has 0 bridgehead atoms. The SMILES string of the molecule is COc1cc(OCCN(C)C)ccc1Nc1cccc2c1C(=O)N(C1CCC(=O)NC1=O)C2=O. The summed E-state index contributed by atoms with van der Waals surface area (Å²) in [5.74, 6) is -1.07. The molecule has 0 aromatic heterocycles. The van der Waals surface area contributed by atoms with E-state index in [4.69, 9.17) is 9.47 Å². The molecule has 0 spiro atoms. The minimum Gasteiger partial charge on any atom is -0.494 e. The van der Waals surface area contributed by atoms with Gasteiger partial charge in [-0.05, 0) is 44.8 Å². The molecule has 1 saturated heterocycles. The summed E-state index contributed by atoms with van der Waals surface area (Å²) in [4.78, 5) is 53.1. The first-order valence-corrected chi connectivity index (χ1v) is 10.9. The van der Waals surface area contributed by atoms with Crippen LogP contribution in [-0.2, 0) is 9.59 Å². The predicted octanol–water partition coefficient (Wildman–Crippen LogP) is 1.78. The zero-order valence-corrected chi connectivity index (χ0v) is 19.2. The van der Waals surface area contributed by atoms with Gasteiger partial charge in [-0.15, -0.1) is 0 Å². The van der Waals surface area contributed by atoms with Crippen molar-refractivity contribution in [1.29, 1.82) is 0 Å². The van der Waals surface area contributed by atoms with Gasteiger partial charge in [0.05, 0.1) is 29.6 Å². The van der Waals surface area contributed by atoms with E-state index in [9.17, 15) is 19.2 Å². The van der Waals surface area contributed by atoms with Gasteiger partial charge in [0.15, 0.2) is 0 Å². The lowest BCUT2D eigenvalue weighted by Crippen LogP contribution is -2.54. The van der Waals surface area contributed by atoms with Crippen molar-refractivity contribution in [3.63, 3.8) is 0 Å². The van der Waals surface area contributed by atoms with Gasteiger partial charge in [-0.3, -0.25) is 29.4 Å². The van der Waals surface area contributed by atoms with E-state index >= 15 is 0 Å². The van der Waals surface area contributed by atoms with E-state index in [0.717, 1.165) is 11.4 Å². The summed E-state index contributed by atoms with van der Waals surface area (Å²) < 4.78 is 11.2. The van der Waals surface area contributed by atoms with Crippen molar-refractivity contribution in [2.75, 3.05) is 39.7 Å². The fourth-order valence-corrected chi connectivity index (χ4v) is 3.97. The molecule has 1 unspecified atom stereocenters. The van der Waals surface area contributed by atoms with Crippen molar-refractivity contribution in [2.45, 2.75) is 18.9 Å². The fraction of sp³-hybridized carbons (Fsp3) is 0.333. The highest BCUT2D eigenvalue weighted by Crippen LogP contribution is 2.37. The Morgan fingerprint density at radius 3 is 2.59 bits per heavy atom. The Morgan fingerprint density at radius 1 is 1.09 bits per heavy atom. The third-order valence-corrected chi connectivity index (χ3v) is 5.72. The molecule has 1 atom stereocenters. The standard InChI is InChI=1S/C24H26N4O6/c1-27(2)11-12-34-14-7-8-16(19(13-14)33-3)25-17-6-4-5-15-21(17)24(32)28(23(15)31)18-9-10-20(29)26-22(18)30/h4-8,13,18,25H,9-12H2,1-3H3,(H,26,29,30). The zero-order chi connectivity index (χ0) is 24.4. The normalized spacial score (nSPS) is 17.6. The highest BCUT2D eigenvalue weighted by Gasteiger charge is 2.45. The van der Waals surface area contributed by atoms with E-state index in [2.05, 4.69) is 10.6 Å². The molecule has 2 N–H and O–H groups in total. The van der Waals surface area contributed by atoms with Gasteiger partial charge < -0.3 is 19.7 Å². The number of likely N-dealkylation sites (N-methyl/N-ethyl adjacent to an activating group) is 1. The number of nitrogens with one attached hydrogen (secondary N) is 2. The third-order valence-electron chi connectivity index (χ3n) is 5.72. The van der Waals surface area contributed by atoms with Crippen LogP contribution in [0.2, 0.25) is 0 Å². The second kappa shape index (κ2) is 9.52. The second-order valence-corrected chi connectivity index (χ2v) is 8.31. The molecule has 0 radical (unpaired) electrons. The first-order valence-electron chi connectivity index (χ1n) is 10.9. The van der Waals surface area contributed by atoms with Gasteiger partial charge >= 0.3 is 0 Å². The minimum absolute atomic E-state index is 0.0646. The second-order valence-electron chi connectivity index (χ2n) is 8.31. The van der Waals surface area contributed by atoms with E-state index < -0.39 is 29.7 Å². The number of piperidine rings is 1. The summed E-state index contributed by atoms with van der Waals surface area (Å²) in [6.07, 6.45) is 0.164. The highest BCUT2D eigenvalue weighted by atomic mass is 16.5. The van der Waals surface area contributed by atoms with Crippen LogP contribution >= 0.6 is 0 Å². The molecule has 10 heteroatoms. The van der Waals surface area contributed by atoms with Crippen LogP contribution in [-0.4, -0.2) is 73.8 Å². The maximum Gasteiger partial charge on any atom is 0.264 e. The van der Waals surface area contributed by atoms with Gasteiger partial charge in [-0.25, -0.2) is 0 Å². The van der Waals surface area contributed by atoms with Crippen LogP contribution in [0.15, 0.2) is 36.4 Å². The van der Waals surface area contributed by atoms with Gasteiger partial charge in [-0.2, -0.15) is 0 Å². The molecule has 0 aliphatic carbocycles. The largest absolute Gasteiger partial charge is 0.494 e. The number of rotatable bonds is 8. The minimum atomic E-state index is -1.02. The lowest BCUT2D eigenvalue weighted by Gasteiger charge is -2.27. The summed E-state index contributed by atoms with van der Waals surface area (Å²) in [5, 5.41) is 5.37. The van der Waals surface area contributed by atoms with E-state index in [0.29, 0.717) is 29.5 Å². The Labute approximate surface area is 196 Å². The lowest BCUT2D eigenvalue weighted by molar-refractivity contribution is -0.136. The van der Waals surface area contributed by atoms with Crippen LogP contribution in [0.1, 0.15) is 33.6 Å². The van der Waals surface area contributed by atoms with Crippen LogP contribution in [0.5, 0.6) is 11.5 Å². The van der Waals surface area contributed by atoms with Crippen molar-refractivity contribution < 1.29 is 28.7 Å². The predicted molar refractivity (Wildman–Crippen MR) is 123 cm³/mol. The molecule has 1 fully saturated rings. The molecule has 2 aromatic rings. The van der Waals surface area contributed by atoms with Crippen LogP contribution in [0.4, 0.5) is 11.4 Å². The number of carbonyl (C=O) groups is 4. The molecular formula is C24H26N4O6. The third kappa shape index (κ3) is 4.44. The number of imide groups is 2. The van der Waals surface area contributed by atoms with Gasteiger partial charge in [0.1, 0.15) is 24.1 Å². The topological polar surface area (TPSA) is 117 Å². The smallest absolute Gasteiger partial charge is 0.264 e. The fourth-order valence-electron chi connectivity index (χ4n) is 3.97. The Morgan fingerprint density at radius 2 is 1.88 bits per heavy atom. The van der Waals surface area contributed by atoms with Crippen molar-refractivity contribution in [2.24, 2.45) is 0 Å². The van der Waals surface area contributed by atoms with E-state index in [1.165, 1.54) is 7.11 Å². The number of hydrogen-bond acceptors (Lipinski definition) is 8. The lowest BCUT2D eigenvalue weighted by atomic mass is 10.0. The van der Waals surface area contributed by atoms with Gasteiger partial charge in [-0.1, -0.05) is 6.07 Å². The average molecular weight is 466 g/mol. The average Bonchev–Trinajstić information content (AvgIpc) is 3.05. The molecule has 4 rings (SSSR count). The number of amides is 4. The molecule has 4 amide bonds. The molecule has 2 aromatic carbocycles. The number of hydrogen-bond donors (Lipinski definition) is 2.